The molecule has 0 bridgehead atoms. The van der Waals surface area contributed by atoms with Crippen LogP contribution in [0.3, 0.4) is 0 Å². The molecule has 1 aliphatic carbocycles. The molecule has 0 radical (unpaired) electrons. The van der Waals surface area contributed by atoms with Crippen LogP contribution in [0.5, 0.6) is 5.75 Å². The number of hydrogen-bond donors (Lipinski definition) is 1. The van der Waals surface area contributed by atoms with Crippen molar-refractivity contribution in [3.63, 3.8) is 0 Å². The number of ether oxygens (including phenoxy) is 2. The number of rotatable bonds is 2. The van der Waals surface area contributed by atoms with E-state index in [1.807, 2.05) is 25.1 Å². The highest BCUT2D eigenvalue weighted by atomic mass is 16.5. The first-order valence-electron chi connectivity index (χ1n) is 6.84. The van der Waals surface area contributed by atoms with Crippen molar-refractivity contribution in [2.75, 3.05) is 12.3 Å². The van der Waals surface area contributed by atoms with Crippen LogP contribution in [-0.2, 0) is 4.74 Å². The summed E-state index contributed by atoms with van der Waals surface area (Å²) in [6.45, 7) is 2.88. The number of nitrogen functional groups attached to an aromatic ring is 1. The molecule has 1 spiro atoms. The Morgan fingerprint density at radius 2 is 2.22 bits per heavy atom. The summed E-state index contributed by atoms with van der Waals surface area (Å²) in [5.41, 5.74) is 7.81. The maximum atomic E-state index is 6.14. The normalized spacial score (nSPS) is 25.7. The minimum absolute atomic E-state index is 0.143. The largest absolute Gasteiger partial charge is 0.490 e. The van der Waals surface area contributed by atoms with Crippen LogP contribution >= 0.6 is 0 Å². The molecule has 0 aromatic heterocycles. The van der Waals surface area contributed by atoms with Gasteiger partial charge in [-0.25, -0.2) is 0 Å². The molecule has 98 valence electrons. The number of anilines is 1. The lowest BCUT2D eigenvalue weighted by molar-refractivity contribution is -0.153. The highest BCUT2D eigenvalue weighted by Gasteiger charge is 2.43. The summed E-state index contributed by atoms with van der Waals surface area (Å²) >= 11 is 0. The third-order valence-electron chi connectivity index (χ3n) is 4.21. The van der Waals surface area contributed by atoms with Crippen molar-refractivity contribution in [2.24, 2.45) is 0 Å². The minimum Gasteiger partial charge on any atom is -0.490 e. The topological polar surface area (TPSA) is 44.5 Å². The van der Waals surface area contributed by atoms with E-state index >= 15 is 0 Å². The van der Waals surface area contributed by atoms with Crippen LogP contribution < -0.4 is 10.5 Å². The lowest BCUT2D eigenvalue weighted by Crippen LogP contribution is -2.48. The van der Waals surface area contributed by atoms with Gasteiger partial charge in [0.2, 0.25) is 0 Å². The van der Waals surface area contributed by atoms with Crippen LogP contribution in [0.2, 0.25) is 0 Å². The first kappa shape index (κ1) is 11.8. The average Bonchev–Trinajstić information content (AvgIpc) is 2.31. The van der Waals surface area contributed by atoms with Crippen LogP contribution in [0.4, 0.5) is 5.69 Å². The molecule has 2 aliphatic rings. The van der Waals surface area contributed by atoms with Gasteiger partial charge in [-0.3, -0.25) is 0 Å². The molecule has 1 aromatic carbocycles. The standard InChI is InChI=1S/C15H21NO2/c1-11-9-12(16)3-4-14(11)18-13-5-8-17-15(10-13)6-2-7-15/h3-4,9,13H,2,5-8,10,16H2,1H3. The number of aryl methyl sites for hydroxylation is 1. The third-order valence-corrected chi connectivity index (χ3v) is 4.21. The van der Waals surface area contributed by atoms with Crippen LogP contribution in [0.25, 0.3) is 0 Å². The van der Waals surface area contributed by atoms with Gasteiger partial charge in [0.15, 0.2) is 0 Å². The van der Waals surface area contributed by atoms with Crippen molar-refractivity contribution in [1.82, 2.24) is 0 Å². The molecular weight excluding hydrogens is 226 g/mol. The van der Waals surface area contributed by atoms with E-state index in [1.165, 1.54) is 19.3 Å². The Labute approximate surface area is 108 Å². The predicted molar refractivity (Wildman–Crippen MR) is 71.8 cm³/mol. The van der Waals surface area contributed by atoms with E-state index in [0.29, 0.717) is 6.10 Å². The molecule has 1 heterocycles. The van der Waals surface area contributed by atoms with Gasteiger partial charge in [0.05, 0.1) is 12.2 Å². The van der Waals surface area contributed by atoms with E-state index < -0.39 is 0 Å². The summed E-state index contributed by atoms with van der Waals surface area (Å²) in [6.07, 6.45) is 6.03. The van der Waals surface area contributed by atoms with Crippen molar-refractivity contribution in [3.05, 3.63) is 23.8 Å². The molecule has 1 atom stereocenters. The molecule has 3 rings (SSSR count). The average molecular weight is 247 g/mol. The van der Waals surface area contributed by atoms with Crippen molar-refractivity contribution < 1.29 is 9.47 Å². The quantitative estimate of drug-likeness (QED) is 0.817. The molecule has 1 unspecified atom stereocenters. The fourth-order valence-electron chi connectivity index (χ4n) is 2.99. The second-order valence-corrected chi connectivity index (χ2v) is 5.64. The Bertz CT molecular complexity index is 440. The van der Waals surface area contributed by atoms with Crippen LogP contribution in [0, 0.1) is 6.92 Å². The zero-order valence-electron chi connectivity index (χ0n) is 10.9. The Kier molecular flexibility index (Phi) is 2.94. The van der Waals surface area contributed by atoms with Crippen molar-refractivity contribution in [2.45, 2.75) is 50.7 Å². The Morgan fingerprint density at radius 1 is 1.39 bits per heavy atom. The van der Waals surface area contributed by atoms with E-state index in [1.54, 1.807) is 0 Å². The van der Waals surface area contributed by atoms with E-state index in [2.05, 4.69) is 0 Å². The molecule has 3 heteroatoms. The predicted octanol–water partition coefficient (Wildman–Crippen LogP) is 3.06. The van der Waals surface area contributed by atoms with Crippen molar-refractivity contribution >= 4 is 5.69 Å². The van der Waals surface area contributed by atoms with Gasteiger partial charge in [0, 0.05) is 18.5 Å². The second kappa shape index (κ2) is 4.47. The van der Waals surface area contributed by atoms with E-state index in [-0.39, 0.29) is 5.60 Å². The molecule has 3 nitrogen and oxygen atoms in total. The third kappa shape index (κ3) is 2.19. The van der Waals surface area contributed by atoms with Crippen LogP contribution in [0.15, 0.2) is 18.2 Å². The van der Waals surface area contributed by atoms with E-state index in [9.17, 15) is 0 Å². The van der Waals surface area contributed by atoms with Crippen molar-refractivity contribution in [3.8, 4) is 5.75 Å². The summed E-state index contributed by atoms with van der Waals surface area (Å²) < 4.78 is 12.1. The Balaban J connectivity index is 1.68. The molecule has 1 saturated heterocycles. The number of nitrogens with two attached hydrogens (primary N) is 1. The maximum Gasteiger partial charge on any atom is 0.122 e. The molecule has 1 saturated carbocycles. The fourth-order valence-corrected chi connectivity index (χ4v) is 2.99. The summed E-state index contributed by atoms with van der Waals surface area (Å²) in [5.74, 6) is 0.963. The first-order chi connectivity index (χ1) is 8.67. The maximum absolute atomic E-state index is 6.14. The lowest BCUT2D eigenvalue weighted by Gasteiger charge is -2.47. The van der Waals surface area contributed by atoms with Gasteiger partial charge < -0.3 is 15.2 Å². The Hall–Kier alpha value is -1.22. The highest BCUT2D eigenvalue weighted by Crippen LogP contribution is 2.43. The minimum atomic E-state index is 0.143. The van der Waals surface area contributed by atoms with Gasteiger partial charge >= 0.3 is 0 Å². The van der Waals surface area contributed by atoms with Gasteiger partial charge in [0.25, 0.3) is 0 Å². The monoisotopic (exact) mass is 247 g/mol. The first-order valence-corrected chi connectivity index (χ1v) is 6.84. The van der Waals surface area contributed by atoms with Crippen LogP contribution in [0.1, 0.15) is 37.7 Å². The fraction of sp³-hybridized carbons (Fsp3) is 0.600. The smallest absolute Gasteiger partial charge is 0.122 e. The number of benzene rings is 1. The molecule has 18 heavy (non-hydrogen) atoms. The zero-order chi connectivity index (χ0) is 12.6. The lowest BCUT2D eigenvalue weighted by atomic mass is 9.74. The molecule has 1 aliphatic heterocycles. The molecule has 1 aromatic rings. The van der Waals surface area contributed by atoms with E-state index in [4.69, 9.17) is 15.2 Å². The second-order valence-electron chi connectivity index (χ2n) is 5.64. The molecule has 2 N–H and O–H groups in total. The van der Waals surface area contributed by atoms with Gasteiger partial charge in [-0.1, -0.05) is 0 Å². The van der Waals surface area contributed by atoms with Crippen molar-refractivity contribution in [1.29, 1.82) is 0 Å². The van der Waals surface area contributed by atoms with Gasteiger partial charge in [-0.2, -0.15) is 0 Å². The zero-order valence-corrected chi connectivity index (χ0v) is 10.9. The molecule has 0 amide bonds. The Morgan fingerprint density at radius 3 is 2.89 bits per heavy atom. The van der Waals surface area contributed by atoms with Crippen LogP contribution in [-0.4, -0.2) is 18.3 Å². The molecule has 2 fully saturated rings. The van der Waals surface area contributed by atoms with E-state index in [0.717, 1.165) is 36.4 Å². The summed E-state index contributed by atoms with van der Waals surface area (Å²) in [4.78, 5) is 0. The van der Waals surface area contributed by atoms with Gasteiger partial charge in [-0.05, 0) is 49.9 Å². The summed E-state index contributed by atoms with van der Waals surface area (Å²) in [6, 6.07) is 5.85. The summed E-state index contributed by atoms with van der Waals surface area (Å²) in [7, 11) is 0. The highest BCUT2D eigenvalue weighted by molar-refractivity contribution is 5.47. The van der Waals surface area contributed by atoms with Gasteiger partial charge in [-0.15, -0.1) is 0 Å². The van der Waals surface area contributed by atoms with Gasteiger partial charge in [0.1, 0.15) is 11.9 Å². The molecular formula is C15H21NO2. The summed E-state index contributed by atoms with van der Waals surface area (Å²) in [5, 5.41) is 0. The number of hydrogen-bond acceptors (Lipinski definition) is 3. The SMILES string of the molecule is Cc1cc(N)ccc1OC1CCOC2(CCC2)C1.